The van der Waals surface area contributed by atoms with Crippen LogP contribution in [0.1, 0.15) is 28.9 Å². The van der Waals surface area contributed by atoms with Gasteiger partial charge >= 0.3 is 0 Å². The number of hydrogen-bond donors (Lipinski definition) is 2. The molecule has 31 heavy (non-hydrogen) atoms. The highest BCUT2D eigenvalue weighted by molar-refractivity contribution is 6.31. The topological polar surface area (TPSA) is 92.8 Å². The smallest absolute Gasteiger partial charge is 0.255 e. The Labute approximate surface area is 182 Å². The number of rotatable bonds is 6. The second kappa shape index (κ2) is 8.93. The molecule has 4 rings (SSSR count). The van der Waals surface area contributed by atoms with E-state index in [-0.39, 0.29) is 23.3 Å². The molecule has 0 spiro atoms. The largest absolute Gasteiger partial charge is 0.457 e. The van der Waals surface area contributed by atoms with E-state index in [0.29, 0.717) is 22.3 Å². The second-order valence-electron chi connectivity index (χ2n) is 6.75. The average Bonchev–Trinajstić information content (AvgIpc) is 3.31. The maximum Gasteiger partial charge on any atom is 0.255 e. The Balaban J connectivity index is 1.51. The van der Waals surface area contributed by atoms with Gasteiger partial charge in [0.1, 0.15) is 17.3 Å². The van der Waals surface area contributed by atoms with Crippen LogP contribution in [0.25, 0.3) is 11.4 Å². The number of carbonyl (C=O) groups is 1. The van der Waals surface area contributed by atoms with E-state index in [1.165, 1.54) is 30.3 Å². The highest BCUT2D eigenvalue weighted by Crippen LogP contribution is 2.29. The van der Waals surface area contributed by atoms with E-state index in [4.69, 9.17) is 16.3 Å². The fraction of sp³-hybridized carbons (Fsp3) is 0.0909. The number of amides is 1. The quantitative estimate of drug-likeness (QED) is 0.445. The SMILES string of the molecule is C[C@H](NC(=O)c1cc(Cl)ccc1Oc1ccc(F)cc1)c1ccc(-c2nn[nH]n2)cc1. The molecule has 0 aliphatic carbocycles. The molecule has 1 amide bonds. The molecule has 0 aliphatic heterocycles. The Morgan fingerprint density at radius 1 is 1.10 bits per heavy atom. The number of benzene rings is 3. The lowest BCUT2D eigenvalue weighted by atomic mass is 10.0. The number of halogens is 2. The number of nitrogens with one attached hydrogen (secondary N) is 2. The van der Waals surface area contributed by atoms with Crippen LogP contribution in [0.4, 0.5) is 4.39 Å². The minimum Gasteiger partial charge on any atom is -0.457 e. The van der Waals surface area contributed by atoms with Gasteiger partial charge in [-0.25, -0.2) is 4.39 Å². The highest BCUT2D eigenvalue weighted by atomic mass is 35.5. The normalized spacial score (nSPS) is 11.7. The molecule has 3 aromatic carbocycles. The summed E-state index contributed by atoms with van der Waals surface area (Å²) in [5.41, 5.74) is 1.97. The third kappa shape index (κ3) is 4.87. The van der Waals surface area contributed by atoms with Crippen LogP contribution in [0.5, 0.6) is 11.5 Å². The van der Waals surface area contributed by atoms with Crippen LogP contribution in [0.3, 0.4) is 0 Å². The van der Waals surface area contributed by atoms with Gasteiger partial charge in [-0.3, -0.25) is 4.79 Å². The van der Waals surface area contributed by atoms with E-state index in [1.807, 2.05) is 31.2 Å². The van der Waals surface area contributed by atoms with E-state index in [2.05, 4.69) is 25.9 Å². The number of aromatic nitrogens is 4. The predicted octanol–water partition coefficient (Wildman–Crippen LogP) is 4.94. The van der Waals surface area contributed by atoms with Gasteiger partial charge in [-0.05, 0) is 60.2 Å². The molecule has 0 bridgehead atoms. The van der Waals surface area contributed by atoms with Gasteiger partial charge in [-0.1, -0.05) is 35.9 Å². The van der Waals surface area contributed by atoms with Crippen LogP contribution >= 0.6 is 11.6 Å². The summed E-state index contributed by atoms with van der Waals surface area (Å²) in [5, 5.41) is 17.2. The predicted molar refractivity (Wildman–Crippen MR) is 113 cm³/mol. The van der Waals surface area contributed by atoms with Crippen molar-refractivity contribution in [1.82, 2.24) is 25.9 Å². The molecule has 0 saturated heterocycles. The van der Waals surface area contributed by atoms with Crippen molar-refractivity contribution in [2.45, 2.75) is 13.0 Å². The van der Waals surface area contributed by atoms with Crippen LogP contribution in [0, 0.1) is 5.82 Å². The minimum absolute atomic E-state index is 0.270. The van der Waals surface area contributed by atoms with Gasteiger partial charge in [0.25, 0.3) is 5.91 Å². The summed E-state index contributed by atoms with van der Waals surface area (Å²) in [6.45, 7) is 1.87. The van der Waals surface area contributed by atoms with Gasteiger partial charge in [-0.2, -0.15) is 5.21 Å². The molecule has 7 nitrogen and oxygen atoms in total. The lowest BCUT2D eigenvalue weighted by molar-refractivity contribution is 0.0937. The number of hydrogen-bond acceptors (Lipinski definition) is 5. The first-order valence-electron chi connectivity index (χ1n) is 9.37. The maximum atomic E-state index is 13.1. The van der Waals surface area contributed by atoms with Crippen LogP contribution in [0.2, 0.25) is 5.02 Å². The van der Waals surface area contributed by atoms with Gasteiger partial charge in [0.2, 0.25) is 5.82 Å². The van der Waals surface area contributed by atoms with E-state index < -0.39 is 0 Å². The number of nitrogens with zero attached hydrogens (tertiary/aromatic N) is 3. The molecule has 2 N–H and O–H groups in total. The van der Waals surface area contributed by atoms with Gasteiger partial charge in [0.05, 0.1) is 11.6 Å². The van der Waals surface area contributed by atoms with Crippen molar-refractivity contribution in [3.8, 4) is 22.9 Å². The molecular weight excluding hydrogens is 421 g/mol. The van der Waals surface area contributed by atoms with Crippen molar-refractivity contribution in [1.29, 1.82) is 0 Å². The second-order valence-corrected chi connectivity index (χ2v) is 7.19. The van der Waals surface area contributed by atoms with Crippen molar-refractivity contribution >= 4 is 17.5 Å². The summed E-state index contributed by atoms with van der Waals surface area (Å²) < 4.78 is 18.9. The van der Waals surface area contributed by atoms with E-state index in [9.17, 15) is 9.18 Å². The minimum atomic E-state index is -0.374. The van der Waals surface area contributed by atoms with E-state index in [0.717, 1.165) is 11.1 Å². The Morgan fingerprint density at radius 3 is 2.52 bits per heavy atom. The summed E-state index contributed by atoms with van der Waals surface area (Å²) in [5.74, 6) is 0.482. The number of aromatic amines is 1. The van der Waals surface area contributed by atoms with Gasteiger partial charge < -0.3 is 10.1 Å². The molecule has 0 saturated carbocycles. The number of carbonyl (C=O) groups excluding carboxylic acids is 1. The summed E-state index contributed by atoms with van der Waals surface area (Å²) in [6, 6.07) is 17.5. The third-order valence-electron chi connectivity index (χ3n) is 4.59. The summed E-state index contributed by atoms with van der Waals surface area (Å²) in [7, 11) is 0. The van der Waals surface area contributed by atoms with Crippen molar-refractivity contribution in [3.63, 3.8) is 0 Å². The first kappa shape index (κ1) is 20.5. The fourth-order valence-electron chi connectivity index (χ4n) is 2.96. The fourth-order valence-corrected chi connectivity index (χ4v) is 3.13. The van der Waals surface area contributed by atoms with Crippen LogP contribution < -0.4 is 10.1 Å². The van der Waals surface area contributed by atoms with Crippen LogP contribution in [-0.4, -0.2) is 26.5 Å². The zero-order valence-electron chi connectivity index (χ0n) is 16.3. The Hall–Kier alpha value is -3.78. The molecule has 9 heteroatoms. The van der Waals surface area contributed by atoms with E-state index in [1.54, 1.807) is 12.1 Å². The number of ether oxygens (including phenoxy) is 1. The standard InChI is InChI=1S/C22H17ClFN5O2/c1-13(14-2-4-15(5-3-14)21-26-28-29-27-21)25-22(30)19-12-16(23)6-11-20(19)31-18-9-7-17(24)8-10-18/h2-13H,1H3,(H,25,30)(H,26,27,28,29)/t13-/m0/s1. The molecular formula is C22H17ClFN5O2. The summed E-state index contributed by atoms with van der Waals surface area (Å²) in [6.07, 6.45) is 0. The maximum absolute atomic E-state index is 13.1. The molecule has 156 valence electrons. The molecule has 1 atom stereocenters. The van der Waals surface area contributed by atoms with Crippen LogP contribution in [-0.2, 0) is 0 Å². The third-order valence-corrected chi connectivity index (χ3v) is 4.82. The highest BCUT2D eigenvalue weighted by Gasteiger charge is 2.17. The van der Waals surface area contributed by atoms with Crippen molar-refractivity contribution in [2.24, 2.45) is 0 Å². The van der Waals surface area contributed by atoms with Crippen molar-refractivity contribution in [2.75, 3.05) is 0 Å². The molecule has 1 aromatic heterocycles. The van der Waals surface area contributed by atoms with Crippen molar-refractivity contribution in [3.05, 3.63) is 88.7 Å². The van der Waals surface area contributed by atoms with E-state index >= 15 is 0 Å². The van der Waals surface area contributed by atoms with Gasteiger partial charge in [0.15, 0.2) is 0 Å². The number of H-pyrrole nitrogens is 1. The number of tetrazole rings is 1. The Morgan fingerprint density at radius 2 is 1.84 bits per heavy atom. The van der Waals surface area contributed by atoms with Crippen molar-refractivity contribution < 1.29 is 13.9 Å². The van der Waals surface area contributed by atoms with Gasteiger partial charge in [-0.15, -0.1) is 10.2 Å². The lowest BCUT2D eigenvalue weighted by Crippen LogP contribution is -2.27. The molecule has 1 heterocycles. The zero-order valence-corrected chi connectivity index (χ0v) is 17.1. The molecule has 0 radical (unpaired) electrons. The molecule has 4 aromatic rings. The summed E-state index contributed by atoms with van der Waals surface area (Å²) >= 11 is 6.10. The van der Waals surface area contributed by atoms with Crippen LogP contribution in [0.15, 0.2) is 66.7 Å². The molecule has 0 fully saturated rings. The molecule has 0 aliphatic rings. The zero-order chi connectivity index (χ0) is 21.8. The van der Waals surface area contributed by atoms with Gasteiger partial charge in [0, 0.05) is 10.6 Å². The summed E-state index contributed by atoms with van der Waals surface area (Å²) in [4.78, 5) is 13.0. The average molecular weight is 438 g/mol. The molecule has 0 unspecified atom stereocenters. The lowest BCUT2D eigenvalue weighted by Gasteiger charge is -2.17. The first-order valence-corrected chi connectivity index (χ1v) is 9.75. The Kier molecular flexibility index (Phi) is 5.90. The Bertz CT molecular complexity index is 1180. The monoisotopic (exact) mass is 437 g/mol. The first-order chi connectivity index (χ1) is 15.0.